The van der Waals surface area contributed by atoms with E-state index in [0.29, 0.717) is 5.13 Å². The molecule has 0 aliphatic carbocycles. The number of hydrogen-bond donors (Lipinski definition) is 1. The summed E-state index contributed by atoms with van der Waals surface area (Å²) >= 11 is 3.26. The van der Waals surface area contributed by atoms with Gasteiger partial charge in [0.1, 0.15) is 0 Å². The lowest BCUT2D eigenvalue weighted by Crippen LogP contribution is -2.34. The first kappa shape index (κ1) is 17.5. The molecular formula is C18H21N5OS2. The molecule has 4 rings (SSSR count). The first-order chi connectivity index (χ1) is 12.6. The van der Waals surface area contributed by atoms with Gasteiger partial charge in [0.15, 0.2) is 5.13 Å². The molecule has 1 aromatic carbocycles. The van der Waals surface area contributed by atoms with Gasteiger partial charge in [0.05, 0.1) is 21.3 Å². The molecule has 0 radical (unpaired) electrons. The van der Waals surface area contributed by atoms with Gasteiger partial charge in [-0.15, -0.1) is 0 Å². The first-order valence-corrected chi connectivity index (χ1v) is 10.3. The van der Waals surface area contributed by atoms with Gasteiger partial charge in [-0.25, -0.2) is 9.29 Å². The number of thiazole rings is 1. The molecule has 2 aromatic heterocycles. The van der Waals surface area contributed by atoms with Crippen molar-refractivity contribution in [2.45, 2.75) is 24.7 Å². The van der Waals surface area contributed by atoms with Gasteiger partial charge < -0.3 is 5.32 Å². The molecule has 0 bridgehead atoms. The second kappa shape index (κ2) is 7.38. The van der Waals surface area contributed by atoms with Crippen molar-refractivity contribution in [3.8, 4) is 0 Å². The Morgan fingerprint density at radius 3 is 2.85 bits per heavy atom. The van der Waals surface area contributed by atoms with Crippen LogP contribution < -0.4 is 5.32 Å². The van der Waals surface area contributed by atoms with Crippen LogP contribution in [0.4, 0.5) is 5.13 Å². The quantitative estimate of drug-likeness (QED) is 0.692. The zero-order chi connectivity index (χ0) is 18.1. The Morgan fingerprint density at radius 2 is 2.15 bits per heavy atom. The van der Waals surface area contributed by atoms with Gasteiger partial charge in [-0.2, -0.15) is 5.10 Å². The molecular weight excluding hydrogens is 366 g/mol. The van der Waals surface area contributed by atoms with Gasteiger partial charge in [-0.3, -0.25) is 9.48 Å². The molecule has 1 N–H and O–H groups in total. The number of anilines is 1. The van der Waals surface area contributed by atoms with Crippen LogP contribution in [0, 0.1) is 12.8 Å². The molecule has 3 aromatic rings. The van der Waals surface area contributed by atoms with Crippen molar-refractivity contribution < 1.29 is 4.79 Å². The molecule has 1 aliphatic rings. The number of aromatic nitrogens is 3. The van der Waals surface area contributed by atoms with Crippen molar-refractivity contribution in [1.82, 2.24) is 19.1 Å². The predicted octanol–water partition coefficient (Wildman–Crippen LogP) is 3.70. The van der Waals surface area contributed by atoms with Crippen molar-refractivity contribution in [1.29, 1.82) is 0 Å². The number of para-hydroxylation sites is 1. The van der Waals surface area contributed by atoms with E-state index in [4.69, 9.17) is 0 Å². The maximum Gasteiger partial charge on any atom is 0.229 e. The van der Waals surface area contributed by atoms with Crippen molar-refractivity contribution in [3.63, 3.8) is 0 Å². The highest BCUT2D eigenvalue weighted by Crippen LogP contribution is 2.31. The predicted molar refractivity (Wildman–Crippen MR) is 106 cm³/mol. The lowest BCUT2D eigenvalue weighted by molar-refractivity contribution is -0.120. The number of amides is 1. The van der Waals surface area contributed by atoms with Crippen LogP contribution in [0.3, 0.4) is 0 Å². The Balaban J connectivity index is 1.33. The van der Waals surface area contributed by atoms with Crippen LogP contribution in [0.1, 0.15) is 18.4 Å². The average Bonchev–Trinajstić information content (AvgIpc) is 3.22. The number of nitrogens with one attached hydrogen (secondary N) is 1. The van der Waals surface area contributed by atoms with Crippen LogP contribution in [0.15, 0.2) is 35.5 Å². The number of rotatable bonds is 4. The van der Waals surface area contributed by atoms with Crippen LogP contribution >= 0.6 is 23.3 Å². The molecule has 1 saturated heterocycles. The first-order valence-electron chi connectivity index (χ1n) is 8.67. The summed E-state index contributed by atoms with van der Waals surface area (Å²) in [5, 5.41) is 7.92. The number of hydrogen-bond acceptors (Lipinski definition) is 6. The normalized spacial score (nSPS) is 16.2. The van der Waals surface area contributed by atoms with Crippen molar-refractivity contribution in [2.75, 3.05) is 18.4 Å². The summed E-state index contributed by atoms with van der Waals surface area (Å²) in [6.45, 7) is 3.84. The monoisotopic (exact) mass is 387 g/mol. The second-order valence-corrected chi connectivity index (χ2v) is 8.78. The van der Waals surface area contributed by atoms with E-state index in [9.17, 15) is 4.79 Å². The minimum Gasteiger partial charge on any atom is -0.302 e. The fraction of sp³-hybridized carbons (Fsp3) is 0.389. The van der Waals surface area contributed by atoms with E-state index in [1.807, 2.05) is 49.2 Å². The summed E-state index contributed by atoms with van der Waals surface area (Å²) in [6, 6.07) is 6.12. The van der Waals surface area contributed by atoms with Gasteiger partial charge in [-0.05, 0) is 43.3 Å². The van der Waals surface area contributed by atoms with Gasteiger partial charge in [0, 0.05) is 32.3 Å². The number of carbonyl (C=O) groups excluding carboxylic acids is 1. The molecule has 6 nitrogen and oxygen atoms in total. The summed E-state index contributed by atoms with van der Waals surface area (Å²) in [7, 11) is 1.92. The second-order valence-electron chi connectivity index (χ2n) is 6.57. The van der Waals surface area contributed by atoms with E-state index in [2.05, 4.69) is 19.7 Å². The molecule has 1 aliphatic heterocycles. The summed E-state index contributed by atoms with van der Waals surface area (Å²) < 4.78 is 5.23. The maximum atomic E-state index is 12.6. The lowest BCUT2D eigenvalue weighted by Gasteiger charge is -2.29. The van der Waals surface area contributed by atoms with E-state index in [0.717, 1.165) is 46.6 Å². The standard InChI is InChI=1S/C18H21N5OS2/c1-12-4-3-5-15-16(12)20-18(25-15)21-17(24)13-6-8-23(9-7-13)26-14-10-19-22(2)11-14/h3-5,10-11,13H,6-9H2,1-2H3,(H,20,21,24). The molecule has 8 heteroatoms. The number of fused-ring (bicyclic) bond motifs is 1. The third-order valence-corrected chi connectivity index (χ3v) is 6.57. The summed E-state index contributed by atoms with van der Waals surface area (Å²) in [6.07, 6.45) is 5.61. The van der Waals surface area contributed by atoms with Crippen molar-refractivity contribution >= 4 is 44.5 Å². The number of benzene rings is 1. The molecule has 26 heavy (non-hydrogen) atoms. The average molecular weight is 388 g/mol. The van der Waals surface area contributed by atoms with Crippen LogP contribution in [0.2, 0.25) is 0 Å². The van der Waals surface area contributed by atoms with E-state index >= 15 is 0 Å². The fourth-order valence-corrected chi connectivity index (χ4v) is 5.08. The van der Waals surface area contributed by atoms with E-state index < -0.39 is 0 Å². The number of carbonyl (C=O) groups is 1. The van der Waals surface area contributed by atoms with Gasteiger partial charge in [0.25, 0.3) is 0 Å². The SMILES string of the molecule is Cc1cccc2sc(NC(=O)C3CCN(Sc4cnn(C)c4)CC3)nc12. The molecule has 1 fully saturated rings. The van der Waals surface area contributed by atoms with Gasteiger partial charge in [0.2, 0.25) is 5.91 Å². The van der Waals surface area contributed by atoms with Crippen LogP contribution in [-0.4, -0.2) is 38.1 Å². The molecule has 0 unspecified atom stereocenters. The number of nitrogens with zero attached hydrogens (tertiary/aromatic N) is 4. The summed E-state index contributed by atoms with van der Waals surface area (Å²) in [5.41, 5.74) is 2.12. The number of aryl methyl sites for hydroxylation is 2. The zero-order valence-corrected chi connectivity index (χ0v) is 16.4. The Hall–Kier alpha value is -1.90. The molecule has 1 amide bonds. The third-order valence-electron chi connectivity index (χ3n) is 4.59. The third kappa shape index (κ3) is 3.77. The lowest BCUT2D eigenvalue weighted by atomic mass is 9.97. The highest BCUT2D eigenvalue weighted by Gasteiger charge is 2.26. The Labute approximate surface area is 160 Å². The highest BCUT2D eigenvalue weighted by atomic mass is 32.2. The van der Waals surface area contributed by atoms with Crippen LogP contribution in [0.5, 0.6) is 0 Å². The Morgan fingerprint density at radius 1 is 1.35 bits per heavy atom. The summed E-state index contributed by atoms with van der Waals surface area (Å²) in [4.78, 5) is 18.3. The smallest absolute Gasteiger partial charge is 0.229 e. The zero-order valence-electron chi connectivity index (χ0n) is 14.8. The molecule has 0 spiro atoms. The number of piperidine rings is 1. The molecule has 0 atom stereocenters. The minimum atomic E-state index is 0.0499. The van der Waals surface area contributed by atoms with Gasteiger partial charge >= 0.3 is 0 Å². The van der Waals surface area contributed by atoms with Crippen molar-refractivity contribution in [3.05, 3.63) is 36.2 Å². The Bertz CT molecular complexity index is 927. The van der Waals surface area contributed by atoms with E-state index in [1.165, 1.54) is 0 Å². The topological polar surface area (TPSA) is 63.1 Å². The highest BCUT2D eigenvalue weighted by molar-refractivity contribution is 7.97. The molecule has 136 valence electrons. The van der Waals surface area contributed by atoms with Crippen molar-refractivity contribution in [2.24, 2.45) is 13.0 Å². The van der Waals surface area contributed by atoms with E-state index in [1.54, 1.807) is 23.3 Å². The summed E-state index contributed by atoms with van der Waals surface area (Å²) in [5.74, 6) is 0.140. The fourth-order valence-electron chi connectivity index (χ4n) is 3.15. The van der Waals surface area contributed by atoms with Gasteiger partial charge in [-0.1, -0.05) is 23.5 Å². The Kier molecular flexibility index (Phi) is 4.97. The van der Waals surface area contributed by atoms with Crippen LogP contribution in [0.25, 0.3) is 10.2 Å². The minimum absolute atomic E-state index is 0.0499. The molecule has 3 heterocycles. The largest absolute Gasteiger partial charge is 0.302 e. The molecule has 0 saturated carbocycles. The maximum absolute atomic E-state index is 12.6. The van der Waals surface area contributed by atoms with E-state index in [-0.39, 0.29) is 11.8 Å². The van der Waals surface area contributed by atoms with Crippen LogP contribution in [-0.2, 0) is 11.8 Å².